The normalized spacial score (nSPS) is 12.3. The van der Waals surface area contributed by atoms with E-state index in [9.17, 15) is 4.57 Å². The molecular formula is C2H9CaO2P. The van der Waals surface area contributed by atoms with E-state index in [2.05, 4.69) is 4.52 Å². The minimum absolute atomic E-state index is 0. The Kier molecular flexibility index (Phi) is 11.2. The first-order valence-electron chi connectivity index (χ1n) is 1.32. The zero-order chi connectivity index (χ0) is 4.28. The molecule has 0 amide bonds. The van der Waals surface area contributed by atoms with E-state index < -0.39 is 8.03 Å². The van der Waals surface area contributed by atoms with Gasteiger partial charge in [-0.15, -0.1) is 0 Å². The third-order valence-corrected chi connectivity index (χ3v) is 0.862. The summed E-state index contributed by atoms with van der Waals surface area (Å²) in [4.78, 5) is 0. The monoisotopic (exact) mass is 136 g/mol. The molecule has 2 nitrogen and oxygen atoms in total. The van der Waals surface area contributed by atoms with E-state index in [1.54, 1.807) is 6.66 Å². The Labute approximate surface area is 68.1 Å². The van der Waals surface area contributed by atoms with Crippen LogP contribution >= 0.6 is 8.03 Å². The average Bonchev–Trinajstić information content (AvgIpc) is 1.38. The zero-order valence-electron chi connectivity index (χ0n) is 3.32. The Hall–Kier alpha value is 1.45. The molecule has 0 bridgehead atoms. The summed E-state index contributed by atoms with van der Waals surface area (Å²) in [5.41, 5.74) is 0. The maximum atomic E-state index is 9.78. The molecule has 0 saturated carbocycles. The predicted octanol–water partition coefficient (Wildman–Crippen LogP) is -0.179. The van der Waals surface area contributed by atoms with Gasteiger partial charge >= 0.3 is 37.7 Å². The van der Waals surface area contributed by atoms with Crippen LogP contribution in [0.3, 0.4) is 0 Å². The molecule has 4 heteroatoms. The molecule has 0 aliphatic rings. The van der Waals surface area contributed by atoms with E-state index in [1.807, 2.05) is 0 Å². The summed E-state index contributed by atoms with van der Waals surface area (Å²) in [5, 5.41) is 0. The van der Waals surface area contributed by atoms with Crippen molar-refractivity contribution in [1.29, 1.82) is 0 Å². The fourth-order valence-electron chi connectivity index (χ4n) is 0. The molecule has 0 radical (unpaired) electrons. The quantitative estimate of drug-likeness (QED) is 0.369. The third kappa shape index (κ3) is 9.07. The Morgan fingerprint density at radius 3 is 1.83 bits per heavy atom. The van der Waals surface area contributed by atoms with Crippen LogP contribution in [-0.2, 0) is 9.09 Å². The summed E-state index contributed by atoms with van der Waals surface area (Å²) < 4.78 is 14.1. The van der Waals surface area contributed by atoms with Crippen molar-refractivity contribution < 1.29 is 9.09 Å². The second-order valence-electron chi connectivity index (χ2n) is 0.696. The molecular weight excluding hydrogens is 127 g/mol. The summed E-state index contributed by atoms with van der Waals surface area (Å²) in [6.45, 7) is 1.55. The fourth-order valence-corrected chi connectivity index (χ4v) is 0. The van der Waals surface area contributed by atoms with Crippen LogP contribution in [0.5, 0.6) is 0 Å². The first-order valence-corrected chi connectivity index (χ1v) is 3.13. The van der Waals surface area contributed by atoms with Crippen LogP contribution in [0, 0.1) is 0 Å². The molecule has 1 unspecified atom stereocenters. The molecule has 0 rings (SSSR count). The number of hydrogen-bond acceptors (Lipinski definition) is 2. The van der Waals surface area contributed by atoms with Gasteiger partial charge in [-0.1, -0.05) is 0 Å². The van der Waals surface area contributed by atoms with Gasteiger partial charge in [0.25, 0.3) is 0 Å². The molecule has 36 valence electrons. The molecule has 0 aliphatic heterocycles. The van der Waals surface area contributed by atoms with E-state index in [4.69, 9.17) is 0 Å². The van der Waals surface area contributed by atoms with Crippen molar-refractivity contribution in [3.63, 3.8) is 0 Å². The van der Waals surface area contributed by atoms with Gasteiger partial charge in [0.1, 0.15) is 0 Å². The van der Waals surface area contributed by atoms with Crippen LogP contribution in [-0.4, -0.2) is 51.5 Å². The Morgan fingerprint density at radius 2 is 1.83 bits per heavy atom. The number of hydrogen-bond donors (Lipinski definition) is 0. The van der Waals surface area contributed by atoms with E-state index in [1.165, 1.54) is 7.11 Å². The average molecular weight is 136 g/mol. The molecule has 0 heterocycles. The van der Waals surface area contributed by atoms with Crippen molar-refractivity contribution in [3.8, 4) is 0 Å². The van der Waals surface area contributed by atoms with Crippen molar-refractivity contribution in [3.05, 3.63) is 0 Å². The van der Waals surface area contributed by atoms with Crippen LogP contribution in [0.15, 0.2) is 0 Å². The first-order chi connectivity index (χ1) is 2.27. The van der Waals surface area contributed by atoms with E-state index in [0.717, 1.165) is 0 Å². The van der Waals surface area contributed by atoms with E-state index in [0.29, 0.717) is 0 Å². The molecule has 0 aromatic rings. The zero-order valence-corrected chi connectivity index (χ0v) is 4.32. The molecule has 0 spiro atoms. The van der Waals surface area contributed by atoms with Gasteiger partial charge in [0.05, 0.1) is 0 Å². The molecule has 0 aliphatic carbocycles. The summed E-state index contributed by atoms with van der Waals surface area (Å²) in [6.07, 6.45) is 0. The van der Waals surface area contributed by atoms with Gasteiger partial charge in [0.15, 0.2) is 8.03 Å². The van der Waals surface area contributed by atoms with Crippen molar-refractivity contribution in [2.75, 3.05) is 13.8 Å². The molecule has 0 aromatic carbocycles. The van der Waals surface area contributed by atoms with Crippen molar-refractivity contribution in [2.45, 2.75) is 0 Å². The Bertz CT molecular complexity index is 46.8. The topological polar surface area (TPSA) is 26.3 Å². The van der Waals surface area contributed by atoms with Gasteiger partial charge in [0, 0.05) is 13.8 Å². The van der Waals surface area contributed by atoms with Crippen LogP contribution in [0.25, 0.3) is 0 Å². The maximum absolute atomic E-state index is 9.78. The SMILES string of the molecule is CO[PH](C)=O.[CaH2]. The summed E-state index contributed by atoms with van der Waals surface area (Å²) >= 11 is 0. The standard InChI is InChI=1S/C2H7O2P.Ca.2H/c1-4-5(2)3;;;/h5H,1-2H3;;;. The van der Waals surface area contributed by atoms with Crippen molar-refractivity contribution >= 4 is 45.8 Å². The summed E-state index contributed by atoms with van der Waals surface area (Å²) in [6, 6.07) is 0. The van der Waals surface area contributed by atoms with Crippen molar-refractivity contribution in [2.24, 2.45) is 0 Å². The van der Waals surface area contributed by atoms with Gasteiger partial charge in [0.2, 0.25) is 0 Å². The second kappa shape index (κ2) is 6.45. The summed E-state index contributed by atoms with van der Waals surface area (Å²) in [5.74, 6) is 0. The minimum atomic E-state index is -1.62. The van der Waals surface area contributed by atoms with Gasteiger partial charge < -0.3 is 4.52 Å². The van der Waals surface area contributed by atoms with Crippen LogP contribution in [0.4, 0.5) is 0 Å². The van der Waals surface area contributed by atoms with E-state index in [-0.39, 0.29) is 37.7 Å². The second-order valence-corrected chi connectivity index (χ2v) is 2.09. The van der Waals surface area contributed by atoms with Gasteiger partial charge in [-0.25, -0.2) is 0 Å². The summed E-state index contributed by atoms with van der Waals surface area (Å²) in [7, 11) is -0.192. The predicted molar refractivity (Wildman–Crippen MR) is 30.5 cm³/mol. The third-order valence-electron chi connectivity index (χ3n) is 0.287. The van der Waals surface area contributed by atoms with Gasteiger partial charge in [-0.3, -0.25) is 4.57 Å². The van der Waals surface area contributed by atoms with E-state index >= 15 is 0 Å². The molecule has 0 aromatic heterocycles. The molecule has 1 atom stereocenters. The molecule has 0 fully saturated rings. The molecule has 6 heavy (non-hydrogen) atoms. The van der Waals surface area contributed by atoms with Gasteiger partial charge in [-0.2, -0.15) is 0 Å². The number of rotatable bonds is 1. The van der Waals surface area contributed by atoms with Gasteiger partial charge in [-0.05, 0) is 0 Å². The van der Waals surface area contributed by atoms with Crippen molar-refractivity contribution in [1.82, 2.24) is 0 Å². The van der Waals surface area contributed by atoms with Crippen LogP contribution in [0.1, 0.15) is 0 Å². The molecule has 0 N–H and O–H groups in total. The van der Waals surface area contributed by atoms with Crippen LogP contribution < -0.4 is 0 Å². The Balaban J connectivity index is 0. The molecule has 0 saturated heterocycles. The van der Waals surface area contributed by atoms with Crippen LogP contribution in [0.2, 0.25) is 0 Å². The first kappa shape index (κ1) is 10.4. The fraction of sp³-hybridized carbons (Fsp3) is 1.00. The Morgan fingerprint density at radius 1 is 1.67 bits per heavy atom.